The molecule has 1 aromatic rings. The van der Waals surface area contributed by atoms with E-state index in [0.717, 1.165) is 17.8 Å². The monoisotopic (exact) mass is 146 g/mol. The van der Waals surface area contributed by atoms with Gasteiger partial charge < -0.3 is 0 Å². The molecular weight excluding hydrogens is 136 g/mol. The minimum Gasteiger partial charge on any atom is -0.257 e. The van der Waals surface area contributed by atoms with Gasteiger partial charge in [-0.2, -0.15) is 0 Å². The molecule has 0 atom stereocenters. The molecule has 0 fully saturated rings. The van der Waals surface area contributed by atoms with Crippen LogP contribution < -0.4 is 0 Å². The SMILES string of the molecule is CCC#Cc1cnc(C)cn1. The summed E-state index contributed by atoms with van der Waals surface area (Å²) in [6.45, 7) is 3.92. The van der Waals surface area contributed by atoms with E-state index in [1.165, 1.54) is 0 Å². The molecule has 0 unspecified atom stereocenters. The van der Waals surface area contributed by atoms with E-state index in [2.05, 4.69) is 21.8 Å². The summed E-state index contributed by atoms with van der Waals surface area (Å²) in [7, 11) is 0. The number of nitrogens with zero attached hydrogens (tertiary/aromatic N) is 2. The Hall–Kier alpha value is -1.36. The highest BCUT2D eigenvalue weighted by Crippen LogP contribution is 1.90. The third-order valence-corrected chi connectivity index (χ3v) is 1.17. The zero-order valence-electron chi connectivity index (χ0n) is 6.76. The molecule has 1 heterocycles. The van der Waals surface area contributed by atoms with E-state index in [1.807, 2.05) is 13.8 Å². The number of hydrogen-bond donors (Lipinski definition) is 0. The Morgan fingerprint density at radius 2 is 2.18 bits per heavy atom. The molecule has 0 N–H and O–H groups in total. The van der Waals surface area contributed by atoms with Gasteiger partial charge in [0.1, 0.15) is 5.69 Å². The molecule has 0 amide bonds. The van der Waals surface area contributed by atoms with E-state index < -0.39 is 0 Å². The Labute approximate surface area is 66.7 Å². The van der Waals surface area contributed by atoms with Crippen LogP contribution in [0.1, 0.15) is 24.7 Å². The molecule has 56 valence electrons. The fourth-order valence-electron chi connectivity index (χ4n) is 0.636. The molecule has 0 radical (unpaired) electrons. The van der Waals surface area contributed by atoms with Gasteiger partial charge in [0.15, 0.2) is 0 Å². The van der Waals surface area contributed by atoms with Gasteiger partial charge in [-0.3, -0.25) is 4.98 Å². The molecule has 0 aromatic carbocycles. The molecule has 0 aliphatic heterocycles. The quantitative estimate of drug-likeness (QED) is 0.519. The minimum absolute atomic E-state index is 0.748. The largest absolute Gasteiger partial charge is 0.257 e. The second kappa shape index (κ2) is 3.72. The Morgan fingerprint density at radius 3 is 2.73 bits per heavy atom. The molecule has 1 aromatic heterocycles. The maximum absolute atomic E-state index is 4.08. The Balaban J connectivity index is 2.82. The standard InChI is InChI=1S/C9H10N2/c1-3-4-5-9-7-10-8(2)6-11-9/h6-7H,3H2,1-2H3. The smallest absolute Gasteiger partial charge is 0.131 e. The highest BCUT2D eigenvalue weighted by Gasteiger charge is 1.86. The van der Waals surface area contributed by atoms with Gasteiger partial charge in [-0.25, -0.2) is 4.98 Å². The van der Waals surface area contributed by atoms with Crippen LogP contribution in [0, 0.1) is 18.8 Å². The lowest BCUT2D eigenvalue weighted by Crippen LogP contribution is -1.86. The van der Waals surface area contributed by atoms with Gasteiger partial charge in [0.05, 0.1) is 11.9 Å². The van der Waals surface area contributed by atoms with E-state index in [0.29, 0.717) is 0 Å². The lowest BCUT2D eigenvalue weighted by atomic mass is 10.4. The molecule has 2 nitrogen and oxygen atoms in total. The van der Waals surface area contributed by atoms with Crippen LogP contribution in [0.3, 0.4) is 0 Å². The van der Waals surface area contributed by atoms with E-state index >= 15 is 0 Å². The highest BCUT2D eigenvalue weighted by atomic mass is 14.8. The van der Waals surface area contributed by atoms with Crippen LogP contribution >= 0.6 is 0 Å². The van der Waals surface area contributed by atoms with Gasteiger partial charge >= 0.3 is 0 Å². The van der Waals surface area contributed by atoms with Crippen molar-refractivity contribution >= 4 is 0 Å². The summed E-state index contributed by atoms with van der Waals surface area (Å²) in [6.07, 6.45) is 4.27. The summed E-state index contributed by atoms with van der Waals surface area (Å²) < 4.78 is 0. The van der Waals surface area contributed by atoms with Gasteiger partial charge in [-0.1, -0.05) is 12.8 Å². The second-order valence-corrected chi connectivity index (χ2v) is 2.20. The first-order valence-corrected chi connectivity index (χ1v) is 3.60. The predicted molar refractivity (Wildman–Crippen MR) is 43.9 cm³/mol. The molecule has 0 spiro atoms. The summed E-state index contributed by atoms with van der Waals surface area (Å²) >= 11 is 0. The normalized spacial score (nSPS) is 8.55. The minimum atomic E-state index is 0.748. The van der Waals surface area contributed by atoms with E-state index in [1.54, 1.807) is 12.4 Å². The van der Waals surface area contributed by atoms with Crippen molar-refractivity contribution in [1.82, 2.24) is 9.97 Å². The van der Waals surface area contributed by atoms with Crippen LogP contribution in [0.25, 0.3) is 0 Å². The molecule has 1 rings (SSSR count). The zero-order valence-corrected chi connectivity index (χ0v) is 6.76. The maximum atomic E-state index is 4.08. The van der Waals surface area contributed by atoms with Gasteiger partial charge in [0, 0.05) is 12.6 Å². The van der Waals surface area contributed by atoms with Gasteiger partial charge in [-0.15, -0.1) is 0 Å². The molecule has 0 saturated carbocycles. The first-order valence-electron chi connectivity index (χ1n) is 3.60. The number of aryl methyl sites for hydroxylation is 1. The summed E-state index contributed by atoms with van der Waals surface area (Å²) in [5.41, 5.74) is 1.67. The van der Waals surface area contributed by atoms with Gasteiger partial charge in [-0.05, 0) is 12.8 Å². The van der Waals surface area contributed by atoms with Crippen molar-refractivity contribution in [2.24, 2.45) is 0 Å². The van der Waals surface area contributed by atoms with E-state index in [9.17, 15) is 0 Å². The van der Waals surface area contributed by atoms with Crippen molar-refractivity contribution in [3.8, 4) is 11.8 Å². The third kappa shape index (κ3) is 2.38. The molecule has 11 heavy (non-hydrogen) atoms. The second-order valence-electron chi connectivity index (χ2n) is 2.20. The molecule has 2 heteroatoms. The molecule has 0 bridgehead atoms. The van der Waals surface area contributed by atoms with Crippen LogP contribution in [0.2, 0.25) is 0 Å². The van der Waals surface area contributed by atoms with Crippen LogP contribution in [0.5, 0.6) is 0 Å². The van der Waals surface area contributed by atoms with Gasteiger partial charge in [0.25, 0.3) is 0 Å². The van der Waals surface area contributed by atoms with Crippen molar-refractivity contribution in [2.75, 3.05) is 0 Å². The fourth-order valence-corrected chi connectivity index (χ4v) is 0.636. The van der Waals surface area contributed by atoms with E-state index in [4.69, 9.17) is 0 Å². The topological polar surface area (TPSA) is 25.8 Å². The van der Waals surface area contributed by atoms with Crippen LogP contribution in [-0.2, 0) is 0 Å². The van der Waals surface area contributed by atoms with Crippen molar-refractivity contribution in [1.29, 1.82) is 0 Å². The molecular formula is C9H10N2. The highest BCUT2D eigenvalue weighted by molar-refractivity contribution is 5.24. The Morgan fingerprint density at radius 1 is 1.36 bits per heavy atom. The zero-order chi connectivity index (χ0) is 8.10. The lowest BCUT2D eigenvalue weighted by Gasteiger charge is -1.89. The molecule has 0 aliphatic rings. The summed E-state index contributed by atoms with van der Waals surface area (Å²) in [4.78, 5) is 8.15. The number of aromatic nitrogens is 2. The van der Waals surface area contributed by atoms with Gasteiger partial charge in [0.2, 0.25) is 0 Å². The summed E-state index contributed by atoms with van der Waals surface area (Å²) in [5, 5.41) is 0. The fraction of sp³-hybridized carbons (Fsp3) is 0.333. The van der Waals surface area contributed by atoms with Crippen molar-refractivity contribution < 1.29 is 0 Å². The number of hydrogen-bond acceptors (Lipinski definition) is 2. The first-order chi connectivity index (χ1) is 5.33. The van der Waals surface area contributed by atoms with Crippen molar-refractivity contribution in [2.45, 2.75) is 20.3 Å². The lowest BCUT2D eigenvalue weighted by molar-refractivity contribution is 1.10. The maximum Gasteiger partial charge on any atom is 0.131 e. The Kier molecular flexibility index (Phi) is 2.62. The van der Waals surface area contributed by atoms with Crippen LogP contribution in [-0.4, -0.2) is 9.97 Å². The molecule has 0 saturated heterocycles. The number of rotatable bonds is 0. The van der Waals surface area contributed by atoms with Crippen LogP contribution in [0.4, 0.5) is 0 Å². The average Bonchev–Trinajstić information content (AvgIpc) is 2.04. The predicted octanol–water partition coefficient (Wildman–Crippen LogP) is 1.55. The molecule has 0 aliphatic carbocycles. The average molecular weight is 146 g/mol. The van der Waals surface area contributed by atoms with Crippen molar-refractivity contribution in [3.05, 3.63) is 23.8 Å². The Bertz CT molecular complexity index is 277. The van der Waals surface area contributed by atoms with Crippen LogP contribution in [0.15, 0.2) is 12.4 Å². The van der Waals surface area contributed by atoms with Crippen molar-refractivity contribution in [3.63, 3.8) is 0 Å². The summed E-state index contributed by atoms with van der Waals surface area (Å²) in [5.74, 6) is 5.83. The summed E-state index contributed by atoms with van der Waals surface area (Å²) in [6, 6.07) is 0. The third-order valence-electron chi connectivity index (χ3n) is 1.17. The van der Waals surface area contributed by atoms with E-state index in [-0.39, 0.29) is 0 Å². The first kappa shape index (κ1) is 7.74.